The molecule has 0 spiro atoms. The zero-order valence-electron chi connectivity index (χ0n) is 12.1. The van der Waals surface area contributed by atoms with Crippen LogP contribution in [-0.4, -0.2) is 20.8 Å². The summed E-state index contributed by atoms with van der Waals surface area (Å²) in [5.41, 5.74) is 2.17. The molecule has 1 N–H and O–H groups in total. The van der Waals surface area contributed by atoms with E-state index in [1.54, 1.807) is 7.11 Å². The second-order valence-electron chi connectivity index (χ2n) is 4.90. The largest absolute Gasteiger partial charge is 0.496 e. The quantitative estimate of drug-likeness (QED) is 0.798. The lowest BCUT2D eigenvalue weighted by molar-refractivity contribution is 0.0567. The number of benzene rings is 1. The third-order valence-electron chi connectivity index (χ3n) is 3.02. The molecule has 3 heteroatoms. The third-order valence-corrected chi connectivity index (χ3v) is 3.02. The van der Waals surface area contributed by atoms with Crippen LogP contribution >= 0.6 is 0 Å². The van der Waals surface area contributed by atoms with E-state index in [1.807, 2.05) is 19.2 Å². The molecular weight excluding hydrogens is 226 g/mol. The predicted molar refractivity (Wildman–Crippen MR) is 76.4 cm³/mol. The van der Waals surface area contributed by atoms with Crippen molar-refractivity contribution in [3.8, 4) is 5.75 Å². The molecule has 102 valence electrons. The first kappa shape index (κ1) is 14.8. The van der Waals surface area contributed by atoms with E-state index >= 15 is 0 Å². The van der Waals surface area contributed by atoms with Crippen LogP contribution in [0.2, 0.25) is 0 Å². The summed E-state index contributed by atoms with van der Waals surface area (Å²) >= 11 is 0. The van der Waals surface area contributed by atoms with Crippen molar-refractivity contribution in [1.29, 1.82) is 0 Å². The molecule has 0 aliphatic carbocycles. The number of ether oxygens (including phenoxy) is 2. The van der Waals surface area contributed by atoms with Gasteiger partial charge in [0, 0.05) is 24.9 Å². The highest BCUT2D eigenvalue weighted by Gasteiger charge is 2.12. The summed E-state index contributed by atoms with van der Waals surface area (Å²) in [6.07, 6.45) is 1.13. The highest BCUT2D eigenvalue weighted by atomic mass is 16.5. The van der Waals surface area contributed by atoms with Crippen LogP contribution in [0, 0.1) is 5.92 Å². The smallest absolute Gasteiger partial charge is 0.124 e. The second kappa shape index (κ2) is 7.27. The van der Waals surface area contributed by atoms with E-state index in [-0.39, 0.29) is 6.10 Å². The van der Waals surface area contributed by atoms with Crippen molar-refractivity contribution in [3.05, 3.63) is 23.8 Å². The van der Waals surface area contributed by atoms with Gasteiger partial charge in [0.15, 0.2) is 0 Å². The lowest BCUT2D eigenvalue weighted by atomic mass is 10.1. The summed E-state index contributed by atoms with van der Waals surface area (Å²) in [5, 5.41) is 3.14. The zero-order valence-corrected chi connectivity index (χ0v) is 12.1. The number of hydrogen-bond donors (Lipinski definition) is 1. The van der Waals surface area contributed by atoms with Crippen LogP contribution in [0.1, 0.15) is 38.9 Å². The lowest BCUT2D eigenvalue weighted by Crippen LogP contribution is -2.06. The van der Waals surface area contributed by atoms with Gasteiger partial charge in [-0.25, -0.2) is 0 Å². The van der Waals surface area contributed by atoms with Gasteiger partial charge < -0.3 is 14.8 Å². The summed E-state index contributed by atoms with van der Waals surface area (Å²) in [6, 6.07) is 6.06. The van der Waals surface area contributed by atoms with Gasteiger partial charge in [-0.1, -0.05) is 13.8 Å². The van der Waals surface area contributed by atoms with E-state index in [2.05, 4.69) is 32.2 Å². The Morgan fingerprint density at radius 3 is 2.50 bits per heavy atom. The van der Waals surface area contributed by atoms with Gasteiger partial charge in [-0.2, -0.15) is 0 Å². The number of anilines is 1. The first-order valence-corrected chi connectivity index (χ1v) is 6.55. The molecule has 0 bridgehead atoms. The minimum atomic E-state index is 0.0481. The Morgan fingerprint density at radius 1 is 1.22 bits per heavy atom. The highest BCUT2D eigenvalue weighted by molar-refractivity contribution is 5.51. The van der Waals surface area contributed by atoms with Crippen LogP contribution in [-0.2, 0) is 4.74 Å². The van der Waals surface area contributed by atoms with Crippen molar-refractivity contribution in [3.63, 3.8) is 0 Å². The van der Waals surface area contributed by atoms with Crippen LogP contribution in [0.25, 0.3) is 0 Å². The molecule has 3 nitrogen and oxygen atoms in total. The second-order valence-corrected chi connectivity index (χ2v) is 4.90. The maximum Gasteiger partial charge on any atom is 0.124 e. The number of hydrogen-bond acceptors (Lipinski definition) is 3. The topological polar surface area (TPSA) is 30.5 Å². The first-order valence-electron chi connectivity index (χ1n) is 6.55. The minimum absolute atomic E-state index is 0.0481. The van der Waals surface area contributed by atoms with Gasteiger partial charge in [-0.15, -0.1) is 0 Å². The summed E-state index contributed by atoms with van der Waals surface area (Å²) in [5.74, 6) is 1.55. The number of rotatable bonds is 7. The summed E-state index contributed by atoms with van der Waals surface area (Å²) in [4.78, 5) is 0. The van der Waals surface area contributed by atoms with E-state index in [0.29, 0.717) is 5.92 Å². The third kappa shape index (κ3) is 4.22. The minimum Gasteiger partial charge on any atom is -0.496 e. The predicted octanol–water partition coefficient (Wildman–Crippen LogP) is 3.86. The van der Waals surface area contributed by atoms with Crippen LogP contribution < -0.4 is 10.1 Å². The summed E-state index contributed by atoms with van der Waals surface area (Å²) < 4.78 is 11.3. The van der Waals surface area contributed by atoms with Crippen LogP contribution in [0.15, 0.2) is 18.2 Å². The van der Waals surface area contributed by atoms with Gasteiger partial charge in [-0.3, -0.25) is 0 Å². The maximum absolute atomic E-state index is 5.87. The molecule has 0 heterocycles. The SMILES string of the molecule is CNc1ccc(OC)c(C(C)OCCC(C)C)c1. The zero-order chi connectivity index (χ0) is 13.5. The molecule has 1 aromatic carbocycles. The fraction of sp³-hybridized carbons (Fsp3) is 0.600. The molecule has 0 fully saturated rings. The molecule has 1 atom stereocenters. The van der Waals surface area contributed by atoms with Gasteiger partial charge in [0.05, 0.1) is 13.2 Å². The number of nitrogens with one attached hydrogen (secondary N) is 1. The summed E-state index contributed by atoms with van der Waals surface area (Å²) in [6.45, 7) is 7.26. The van der Waals surface area contributed by atoms with E-state index in [4.69, 9.17) is 9.47 Å². The Kier molecular flexibility index (Phi) is 5.99. The van der Waals surface area contributed by atoms with Gasteiger partial charge in [0.1, 0.15) is 5.75 Å². The molecule has 0 amide bonds. The molecule has 0 saturated carbocycles. The molecule has 0 aromatic heterocycles. The molecular formula is C15H25NO2. The Labute approximate surface area is 110 Å². The Balaban J connectivity index is 2.72. The molecule has 1 unspecified atom stereocenters. The van der Waals surface area contributed by atoms with E-state index in [9.17, 15) is 0 Å². The van der Waals surface area contributed by atoms with Crippen molar-refractivity contribution in [2.45, 2.75) is 33.3 Å². The molecule has 0 saturated heterocycles. The standard InChI is InChI=1S/C15H25NO2/c1-11(2)8-9-18-12(3)14-10-13(16-4)6-7-15(14)17-5/h6-7,10-12,16H,8-9H2,1-5H3. The van der Waals surface area contributed by atoms with Crippen molar-refractivity contribution >= 4 is 5.69 Å². The van der Waals surface area contributed by atoms with E-state index < -0.39 is 0 Å². The fourth-order valence-electron chi connectivity index (χ4n) is 1.78. The lowest BCUT2D eigenvalue weighted by Gasteiger charge is -2.18. The average Bonchev–Trinajstić information content (AvgIpc) is 2.37. The van der Waals surface area contributed by atoms with Gasteiger partial charge in [0.25, 0.3) is 0 Å². The van der Waals surface area contributed by atoms with Crippen molar-refractivity contribution in [2.24, 2.45) is 5.92 Å². The molecule has 0 radical (unpaired) electrons. The Morgan fingerprint density at radius 2 is 1.94 bits per heavy atom. The number of methoxy groups -OCH3 is 1. The van der Waals surface area contributed by atoms with Gasteiger partial charge in [0.2, 0.25) is 0 Å². The van der Waals surface area contributed by atoms with Gasteiger partial charge in [-0.05, 0) is 37.5 Å². The monoisotopic (exact) mass is 251 g/mol. The van der Waals surface area contributed by atoms with Crippen LogP contribution in [0.3, 0.4) is 0 Å². The van der Waals surface area contributed by atoms with E-state index in [0.717, 1.165) is 30.0 Å². The van der Waals surface area contributed by atoms with Crippen LogP contribution in [0.4, 0.5) is 5.69 Å². The fourth-order valence-corrected chi connectivity index (χ4v) is 1.78. The van der Waals surface area contributed by atoms with Gasteiger partial charge >= 0.3 is 0 Å². The first-order chi connectivity index (χ1) is 8.58. The Hall–Kier alpha value is -1.22. The highest BCUT2D eigenvalue weighted by Crippen LogP contribution is 2.30. The molecule has 18 heavy (non-hydrogen) atoms. The van der Waals surface area contributed by atoms with Crippen molar-refractivity contribution in [2.75, 3.05) is 26.1 Å². The molecule has 1 rings (SSSR count). The molecule has 1 aromatic rings. The van der Waals surface area contributed by atoms with Crippen LogP contribution in [0.5, 0.6) is 5.75 Å². The van der Waals surface area contributed by atoms with E-state index in [1.165, 1.54) is 0 Å². The van der Waals surface area contributed by atoms with Crippen molar-refractivity contribution < 1.29 is 9.47 Å². The van der Waals surface area contributed by atoms with Crippen molar-refractivity contribution in [1.82, 2.24) is 0 Å². The molecule has 0 aliphatic heterocycles. The maximum atomic E-state index is 5.87. The average molecular weight is 251 g/mol. The summed E-state index contributed by atoms with van der Waals surface area (Å²) in [7, 11) is 3.61. The Bertz CT molecular complexity index is 364. The molecule has 0 aliphatic rings. The normalized spacial score (nSPS) is 12.6.